The number of amides is 2. The van der Waals surface area contributed by atoms with Crippen LogP contribution in [0.3, 0.4) is 0 Å². The lowest BCUT2D eigenvalue weighted by Gasteiger charge is -2.37. The molecule has 0 radical (unpaired) electrons. The number of nitrogens with one attached hydrogen (secondary N) is 2. The summed E-state index contributed by atoms with van der Waals surface area (Å²) in [5.74, 6) is 0. The van der Waals surface area contributed by atoms with E-state index in [1.54, 1.807) is 0 Å². The van der Waals surface area contributed by atoms with Crippen molar-refractivity contribution in [1.29, 1.82) is 0 Å². The molecule has 0 aromatic heterocycles. The number of carbonyl (C=O) groups is 2. The van der Waals surface area contributed by atoms with E-state index in [4.69, 9.17) is 20.9 Å². The first-order valence-corrected chi connectivity index (χ1v) is 11.9. The van der Waals surface area contributed by atoms with Crippen LogP contribution in [0.25, 0.3) is 0 Å². The zero-order chi connectivity index (χ0) is 24.8. The molecule has 0 atom stereocenters. The van der Waals surface area contributed by atoms with E-state index < -0.39 is 11.2 Å². The molecule has 0 aromatic rings. The molecular formula is C24H48N4O4. The van der Waals surface area contributed by atoms with E-state index in [1.807, 2.05) is 41.5 Å². The molecule has 0 saturated heterocycles. The predicted octanol–water partition coefficient (Wildman–Crippen LogP) is 4.34. The number of ether oxygens (including phenoxy) is 2. The molecular weight excluding hydrogens is 408 g/mol. The highest BCUT2D eigenvalue weighted by atomic mass is 16.6. The van der Waals surface area contributed by atoms with Crippen LogP contribution < -0.4 is 22.1 Å². The number of nitrogens with two attached hydrogens (primary N) is 2. The molecule has 0 unspecified atom stereocenters. The van der Waals surface area contributed by atoms with Crippen molar-refractivity contribution in [1.82, 2.24) is 10.6 Å². The van der Waals surface area contributed by atoms with Crippen LogP contribution in [0.15, 0.2) is 0 Å². The third kappa shape index (κ3) is 11.9. The molecule has 2 aliphatic carbocycles. The van der Waals surface area contributed by atoms with Crippen molar-refractivity contribution in [2.45, 2.75) is 141 Å². The van der Waals surface area contributed by atoms with Crippen LogP contribution in [0.1, 0.15) is 107 Å². The van der Waals surface area contributed by atoms with Gasteiger partial charge in [-0.2, -0.15) is 0 Å². The van der Waals surface area contributed by atoms with Crippen LogP contribution in [-0.4, -0.2) is 46.6 Å². The Morgan fingerprint density at radius 1 is 0.688 bits per heavy atom. The summed E-state index contributed by atoms with van der Waals surface area (Å²) >= 11 is 0. The number of carbonyl (C=O) groups excluding carboxylic acids is 2. The highest BCUT2D eigenvalue weighted by molar-refractivity contribution is 5.69. The van der Waals surface area contributed by atoms with Gasteiger partial charge in [-0.25, -0.2) is 9.59 Å². The second-order valence-corrected chi connectivity index (χ2v) is 12.0. The molecule has 2 rings (SSSR count). The van der Waals surface area contributed by atoms with E-state index >= 15 is 0 Å². The highest BCUT2D eigenvalue weighted by Gasteiger charge is 2.33. The fourth-order valence-electron chi connectivity index (χ4n) is 3.90. The molecule has 188 valence electrons. The first kappa shape index (κ1) is 28.5. The monoisotopic (exact) mass is 456 g/mol. The minimum atomic E-state index is -0.439. The number of hydrogen-bond donors (Lipinski definition) is 4. The standard InChI is InChI=1S/2C12H24N2O2/c2*1-11(2,3)16-10(15)14-12(4)7-5-9(13)6-8-12/h2*9H,5-8,13H2,1-4H3,(H,14,15). The molecule has 2 saturated carbocycles. The number of alkyl carbamates (subject to hydrolysis) is 2. The van der Waals surface area contributed by atoms with Gasteiger partial charge in [0.15, 0.2) is 0 Å². The van der Waals surface area contributed by atoms with E-state index in [0.717, 1.165) is 51.4 Å². The molecule has 2 fully saturated rings. The highest BCUT2D eigenvalue weighted by Crippen LogP contribution is 2.28. The second kappa shape index (κ2) is 11.1. The van der Waals surface area contributed by atoms with Gasteiger partial charge in [0, 0.05) is 23.2 Å². The number of hydrogen-bond acceptors (Lipinski definition) is 6. The third-order valence-corrected chi connectivity index (χ3v) is 5.87. The van der Waals surface area contributed by atoms with Crippen molar-refractivity contribution in [2.24, 2.45) is 11.5 Å². The Bertz CT molecular complexity index is 554. The maximum atomic E-state index is 11.6. The lowest BCUT2D eigenvalue weighted by atomic mass is 9.81. The Balaban J connectivity index is 0.000000320. The topological polar surface area (TPSA) is 129 Å². The third-order valence-electron chi connectivity index (χ3n) is 5.87. The Kier molecular flexibility index (Phi) is 9.84. The van der Waals surface area contributed by atoms with Gasteiger partial charge in [-0.05, 0) is 107 Å². The van der Waals surface area contributed by atoms with Crippen molar-refractivity contribution < 1.29 is 19.1 Å². The largest absolute Gasteiger partial charge is 0.444 e. The van der Waals surface area contributed by atoms with Crippen molar-refractivity contribution >= 4 is 12.2 Å². The maximum absolute atomic E-state index is 11.6. The molecule has 6 N–H and O–H groups in total. The van der Waals surface area contributed by atoms with Gasteiger partial charge in [0.25, 0.3) is 0 Å². The molecule has 0 spiro atoms. The van der Waals surface area contributed by atoms with Crippen LogP contribution in [0.5, 0.6) is 0 Å². The zero-order valence-corrected chi connectivity index (χ0v) is 21.6. The van der Waals surface area contributed by atoms with Crippen molar-refractivity contribution in [3.05, 3.63) is 0 Å². The Morgan fingerprint density at radius 2 is 0.938 bits per heavy atom. The molecule has 0 aromatic carbocycles. The van der Waals surface area contributed by atoms with Gasteiger partial charge in [-0.15, -0.1) is 0 Å². The molecule has 0 bridgehead atoms. The van der Waals surface area contributed by atoms with Gasteiger partial charge in [0.1, 0.15) is 11.2 Å². The summed E-state index contributed by atoms with van der Waals surface area (Å²) in [6.07, 6.45) is 6.90. The summed E-state index contributed by atoms with van der Waals surface area (Å²) < 4.78 is 10.5. The number of rotatable bonds is 2. The second-order valence-electron chi connectivity index (χ2n) is 12.0. The quantitative estimate of drug-likeness (QED) is 0.489. The zero-order valence-electron chi connectivity index (χ0n) is 21.6. The van der Waals surface area contributed by atoms with Crippen LogP contribution in [0.4, 0.5) is 9.59 Å². The fourth-order valence-corrected chi connectivity index (χ4v) is 3.90. The molecule has 0 heterocycles. The Labute approximate surface area is 194 Å². The molecule has 2 amide bonds. The lowest BCUT2D eigenvalue weighted by molar-refractivity contribution is 0.0422. The molecule has 0 aliphatic heterocycles. The first-order chi connectivity index (χ1) is 14.4. The normalized spacial score (nSPS) is 30.9. The SMILES string of the molecule is CC1(NC(=O)OC(C)(C)C)CCC(N)CC1.CC1(NC(=O)OC(C)(C)C)CCC(N)CC1. The van der Waals surface area contributed by atoms with Gasteiger partial charge in [0.2, 0.25) is 0 Å². The predicted molar refractivity (Wildman–Crippen MR) is 128 cm³/mol. The minimum Gasteiger partial charge on any atom is -0.444 e. The smallest absolute Gasteiger partial charge is 0.408 e. The average molecular weight is 457 g/mol. The summed E-state index contributed by atoms with van der Waals surface area (Å²) in [6.45, 7) is 15.3. The van der Waals surface area contributed by atoms with Gasteiger partial charge in [0.05, 0.1) is 0 Å². The first-order valence-electron chi connectivity index (χ1n) is 11.9. The lowest BCUT2D eigenvalue weighted by Crippen LogP contribution is -2.51. The Hall–Kier alpha value is -1.54. The van der Waals surface area contributed by atoms with Crippen LogP contribution in [-0.2, 0) is 9.47 Å². The van der Waals surface area contributed by atoms with Gasteiger partial charge in [-0.1, -0.05) is 0 Å². The van der Waals surface area contributed by atoms with E-state index in [9.17, 15) is 9.59 Å². The fraction of sp³-hybridized carbons (Fsp3) is 0.917. The van der Waals surface area contributed by atoms with Crippen LogP contribution in [0.2, 0.25) is 0 Å². The van der Waals surface area contributed by atoms with Crippen LogP contribution >= 0.6 is 0 Å². The van der Waals surface area contributed by atoms with Crippen molar-refractivity contribution in [3.8, 4) is 0 Å². The molecule has 8 nitrogen and oxygen atoms in total. The van der Waals surface area contributed by atoms with E-state index in [0.29, 0.717) is 0 Å². The maximum Gasteiger partial charge on any atom is 0.408 e. The summed E-state index contributed by atoms with van der Waals surface area (Å²) in [5, 5.41) is 5.91. The summed E-state index contributed by atoms with van der Waals surface area (Å²) in [5.41, 5.74) is 10.5. The average Bonchev–Trinajstić information content (AvgIpc) is 2.57. The van der Waals surface area contributed by atoms with Gasteiger partial charge in [-0.3, -0.25) is 0 Å². The van der Waals surface area contributed by atoms with Gasteiger partial charge < -0.3 is 31.6 Å². The van der Waals surface area contributed by atoms with Crippen molar-refractivity contribution in [2.75, 3.05) is 0 Å². The van der Waals surface area contributed by atoms with Gasteiger partial charge >= 0.3 is 12.2 Å². The molecule has 32 heavy (non-hydrogen) atoms. The van der Waals surface area contributed by atoms with E-state index in [1.165, 1.54) is 0 Å². The molecule has 2 aliphatic rings. The summed E-state index contributed by atoms with van der Waals surface area (Å²) in [4.78, 5) is 23.3. The van der Waals surface area contributed by atoms with Crippen LogP contribution in [0, 0.1) is 0 Å². The summed E-state index contributed by atoms with van der Waals surface area (Å²) in [6, 6.07) is 0.571. The molecule has 8 heteroatoms. The van der Waals surface area contributed by atoms with E-state index in [2.05, 4.69) is 24.5 Å². The van der Waals surface area contributed by atoms with E-state index in [-0.39, 0.29) is 35.3 Å². The summed E-state index contributed by atoms with van der Waals surface area (Å²) in [7, 11) is 0. The van der Waals surface area contributed by atoms with Crippen molar-refractivity contribution in [3.63, 3.8) is 0 Å². The minimum absolute atomic E-state index is 0.155. The Morgan fingerprint density at radius 3 is 1.16 bits per heavy atom.